The highest BCUT2D eigenvalue weighted by Gasteiger charge is 2.44. The highest BCUT2D eigenvalue weighted by atomic mass is 19.3. The van der Waals surface area contributed by atoms with Gasteiger partial charge in [-0.25, -0.2) is 4.98 Å². The number of rotatable bonds is 6. The van der Waals surface area contributed by atoms with Crippen molar-refractivity contribution < 1.29 is 22.8 Å². The predicted molar refractivity (Wildman–Crippen MR) is 86.7 cm³/mol. The molecular weight excluding hydrogens is 362 g/mol. The van der Waals surface area contributed by atoms with Crippen molar-refractivity contribution in [3.05, 3.63) is 36.0 Å². The van der Waals surface area contributed by atoms with Crippen molar-refractivity contribution in [3.63, 3.8) is 0 Å². The molecule has 0 spiro atoms. The van der Waals surface area contributed by atoms with Crippen LogP contribution in [0.1, 0.15) is 31.3 Å². The van der Waals surface area contributed by atoms with Crippen LogP contribution < -0.4 is 14.8 Å². The summed E-state index contributed by atoms with van der Waals surface area (Å²) in [5.74, 6) is 1.14. The molecule has 0 bridgehead atoms. The summed E-state index contributed by atoms with van der Waals surface area (Å²) in [7, 11) is 0. The number of nitrogens with zero attached hydrogens (tertiary/aromatic N) is 4. The first-order valence-electron chi connectivity index (χ1n) is 8.23. The van der Waals surface area contributed by atoms with E-state index in [-0.39, 0.29) is 35.8 Å². The third kappa shape index (κ3) is 3.45. The monoisotopic (exact) mass is 378 g/mol. The first kappa shape index (κ1) is 17.3. The number of hydrogen-bond donors (Lipinski definition) is 2. The van der Waals surface area contributed by atoms with E-state index >= 15 is 0 Å². The lowest BCUT2D eigenvalue weighted by atomic mass is 10.0. The molecule has 3 heterocycles. The standard InChI is InChI=1S/C16H16F2N6O3/c1-8(2)11(15-22-14(24-27-15)13-20-7-21-23-13)19-6-9-4-3-5-10-12(9)26-16(17,18)25-10/h3-5,7-8,11,19H,6H2,1-2H3,(H,20,21,23). The molecule has 2 N–H and O–H groups in total. The lowest BCUT2D eigenvalue weighted by molar-refractivity contribution is -0.286. The van der Waals surface area contributed by atoms with Gasteiger partial charge in [-0.1, -0.05) is 31.1 Å². The van der Waals surface area contributed by atoms with Gasteiger partial charge in [0, 0.05) is 12.1 Å². The molecule has 0 saturated heterocycles. The first-order chi connectivity index (χ1) is 12.9. The SMILES string of the molecule is CC(C)C(NCc1cccc2c1OC(F)(F)O2)c1nc(-c2ncn[nH]2)no1. The number of benzene rings is 1. The highest BCUT2D eigenvalue weighted by Crippen LogP contribution is 2.43. The van der Waals surface area contributed by atoms with Crippen molar-refractivity contribution in [1.29, 1.82) is 0 Å². The first-order valence-corrected chi connectivity index (χ1v) is 8.23. The summed E-state index contributed by atoms with van der Waals surface area (Å²) in [5, 5.41) is 13.5. The molecule has 1 aliphatic rings. The van der Waals surface area contributed by atoms with Crippen LogP contribution in [0.2, 0.25) is 0 Å². The van der Waals surface area contributed by atoms with Crippen LogP contribution in [-0.2, 0) is 6.54 Å². The molecule has 1 aromatic carbocycles. The molecule has 142 valence electrons. The second-order valence-corrected chi connectivity index (χ2v) is 6.30. The molecule has 1 aliphatic heterocycles. The second kappa shape index (κ2) is 6.58. The van der Waals surface area contributed by atoms with Gasteiger partial charge in [0.2, 0.25) is 11.7 Å². The summed E-state index contributed by atoms with van der Waals surface area (Å²) in [6.45, 7) is 4.18. The summed E-state index contributed by atoms with van der Waals surface area (Å²) in [6, 6.07) is 4.43. The van der Waals surface area contributed by atoms with Crippen molar-refractivity contribution in [2.45, 2.75) is 32.7 Å². The third-order valence-electron chi connectivity index (χ3n) is 4.02. The number of hydrogen-bond acceptors (Lipinski definition) is 8. The number of halogens is 2. The summed E-state index contributed by atoms with van der Waals surface area (Å²) in [4.78, 5) is 8.31. The van der Waals surface area contributed by atoms with E-state index in [1.54, 1.807) is 12.1 Å². The van der Waals surface area contributed by atoms with Gasteiger partial charge in [0.15, 0.2) is 17.3 Å². The Balaban J connectivity index is 1.52. The maximum atomic E-state index is 13.3. The summed E-state index contributed by atoms with van der Waals surface area (Å²) in [5.41, 5.74) is 0.533. The third-order valence-corrected chi connectivity index (χ3v) is 4.02. The van der Waals surface area contributed by atoms with Crippen LogP contribution in [-0.4, -0.2) is 31.6 Å². The smallest absolute Gasteiger partial charge is 0.395 e. The molecule has 0 radical (unpaired) electrons. The zero-order chi connectivity index (χ0) is 19.0. The number of nitrogens with one attached hydrogen (secondary N) is 2. The lowest BCUT2D eigenvalue weighted by Crippen LogP contribution is -2.27. The van der Waals surface area contributed by atoms with E-state index in [4.69, 9.17) is 4.52 Å². The van der Waals surface area contributed by atoms with Crippen LogP contribution in [0.4, 0.5) is 8.78 Å². The normalized spacial score (nSPS) is 16.0. The van der Waals surface area contributed by atoms with Crippen LogP contribution in [0.15, 0.2) is 29.0 Å². The van der Waals surface area contributed by atoms with Gasteiger partial charge in [0.05, 0.1) is 6.04 Å². The van der Waals surface area contributed by atoms with Gasteiger partial charge in [0.25, 0.3) is 0 Å². The fourth-order valence-corrected chi connectivity index (χ4v) is 2.76. The number of H-pyrrole nitrogens is 1. The summed E-state index contributed by atoms with van der Waals surface area (Å²) < 4.78 is 41.1. The maximum Gasteiger partial charge on any atom is 0.586 e. The van der Waals surface area contributed by atoms with E-state index in [0.717, 1.165) is 0 Å². The molecule has 27 heavy (non-hydrogen) atoms. The molecule has 0 fully saturated rings. The van der Waals surface area contributed by atoms with Gasteiger partial charge in [-0.3, -0.25) is 5.10 Å². The Bertz CT molecular complexity index is 928. The van der Waals surface area contributed by atoms with Crippen molar-refractivity contribution in [2.24, 2.45) is 5.92 Å². The molecule has 4 rings (SSSR count). The Morgan fingerprint density at radius 2 is 2.11 bits per heavy atom. The van der Waals surface area contributed by atoms with E-state index in [2.05, 4.69) is 40.1 Å². The zero-order valence-electron chi connectivity index (χ0n) is 14.4. The van der Waals surface area contributed by atoms with Gasteiger partial charge in [-0.05, 0) is 12.0 Å². The number of ether oxygens (including phenoxy) is 2. The Morgan fingerprint density at radius 3 is 2.85 bits per heavy atom. The van der Waals surface area contributed by atoms with Gasteiger partial charge < -0.3 is 19.3 Å². The summed E-state index contributed by atoms with van der Waals surface area (Å²) in [6.07, 6.45) is -2.31. The van der Waals surface area contributed by atoms with E-state index in [1.165, 1.54) is 12.4 Å². The van der Waals surface area contributed by atoms with Crippen molar-refractivity contribution >= 4 is 0 Å². The molecule has 1 unspecified atom stereocenters. The maximum absolute atomic E-state index is 13.3. The van der Waals surface area contributed by atoms with Crippen LogP contribution in [0.5, 0.6) is 11.5 Å². The molecule has 2 aromatic heterocycles. The minimum Gasteiger partial charge on any atom is -0.395 e. The fourth-order valence-electron chi connectivity index (χ4n) is 2.76. The van der Waals surface area contributed by atoms with Gasteiger partial charge in [-0.15, -0.1) is 8.78 Å². The number of para-hydroxylation sites is 1. The van der Waals surface area contributed by atoms with Crippen molar-refractivity contribution in [1.82, 2.24) is 30.6 Å². The molecule has 9 nitrogen and oxygen atoms in total. The molecule has 0 aliphatic carbocycles. The molecule has 11 heteroatoms. The van der Waals surface area contributed by atoms with Crippen LogP contribution in [0.25, 0.3) is 11.6 Å². The summed E-state index contributed by atoms with van der Waals surface area (Å²) >= 11 is 0. The average Bonchev–Trinajstić information content (AvgIpc) is 3.32. The Labute approximate surface area is 152 Å². The number of alkyl halides is 2. The van der Waals surface area contributed by atoms with Gasteiger partial charge in [-0.2, -0.15) is 10.1 Å². The zero-order valence-corrected chi connectivity index (χ0v) is 14.4. The molecule has 0 amide bonds. The van der Waals surface area contributed by atoms with E-state index in [0.29, 0.717) is 17.3 Å². The van der Waals surface area contributed by atoms with E-state index < -0.39 is 6.29 Å². The lowest BCUT2D eigenvalue weighted by Gasteiger charge is -2.19. The minimum absolute atomic E-state index is 0.00536. The van der Waals surface area contributed by atoms with Crippen LogP contribution in [0.3, 0.4) is 0 Å². The van der Waals surface area contributed by atoms with Crippen molar-refractivity contribution in [2.75, 3.05) is 0 Å². The number of fused-ring (bicyclic) bond motifs is 1. The topological polar surface area (TPSA) is 111 Å². The molecule has 3 aromatic rings. The van der Waals surface area contributed by atoms with Crippen LogP contribution in [0, 0.1) is 5.92 Å². The minimum atomic E-state index is -3.66. The quantitative estimate of drug-likeness (QED) is 0.673. The van der Waals surface area contributed by atoms with E-state index in [1.807, 2.05) is 13.8 Å². The van der Waals surface area contributed by atoms with Gasteiger partial charge >= 0.3 is 6.29 Å². The largest absolute Gasteiger partial charge is 0.586 e. The Hall–Kier alpha value is -3.08. The van der Waals surface area contributed by atoms with Crippen LogP contribution >= 0.6 is 0 Å². The molecule has 0 saturated carbocycles. The predicted octanol–water partition coefficient (Wildman–Crippen LogP) is 2.66. The van der Waals surface area contributed by atoms with Crippen molar-refractivity contribution in [3.8, 4) is 23.1 Å². The fraction of sp³-hybridized carbons (Fsp3) is 0.375. The molecule has 1 atom stereocenters. The Morgan fingerprint density at radius 1 is 1.26 bits per heavy atom. The average molecular weight is 378 g/mol. The second-order valence-electron chi connectivity index (χ2n) is 6.30. The van der Waals surface area contributed by atoms with E-state index in [9.17, 15) is 8.78 Å². The highest BCUT2D eigenvalue weighted by molar-refractivity contribution is 5.48. The van der Waals surface area contributed by atoms with Gasteiger partial charge in [0.1, 0.15) is 6.33 Å². The number of aromatic amines is 1. The molecular formula is C16H16F2N6O3. The number of aromatic nitrogens is 5. The Kier molecular flexibility index (Phi) is 4.22.